The highest BCUT2D eigenvalue weighted by Crippen LogP contribution is 2.27. The summed E-state index contributed by atoms with van der Waals surface area (Å²) >= 11 is 7.72. The maximum absolute atomic E-state index is 13.7. The molecule has 3 aromatic rings. The predicted octanol–water partition coefficient (Wildman–Crippen LogP) is 5.74. The number of carbonyl (C=O) groups excluding carboxylic acids is 1. The summed E-state index contributed by atoms with van der Waals surface area (Å²) in [6.07, 6.45) is 1.61. The molecule has 0 aliphatic heterocycles. The molecule has 1 N–H and O–H groups in total. The average molecular weight is 486 g/mol. The molecule has 0 radical (unpaired) electrons. The molecule has 0 spiro atoms. The Kier molecular flexibility index (Phi) is 5.93. The first-order chi connectivity index (χ1) is 12.0. The Morgan fingerprint density at radius 1 is 1.20 bits per heavy atom. The van der Waals surface area contributed by atoms with Gasteiger partial charge in [0.15, 0.2) is 5.76 Å². The van der Waals surface area contributed by atoms with Crippen molar-refractivity contribution >= 4 is 55.2 Å². The fraction of sp³-hybridized carbons (Fsp3) is 0.0588. The third-order valence-corrected chi connectivity index (χ3v) is 4.95. The number of carbonyl (C=O) groups is 1. The van der Waals surface area contributed by atoms with Crippen LogP contribution in [-0.2, 0) is 4.79 Å². The van der Waals surface area contributed by atoms with Gasteiger partial charge < -0.3 is 9.73 Å². The largest absolute Gasteiger partial charge is 0.431 e. The van der Waals surface area contributed by atoms with Crippen molar-refractivity contribution in [2.45, 2.75) is 5.22 Å². The van der Waals surface area contributed by atoms with Crippen molar-refractivity contribution in [1.29, 1.82) is 0 Å². The molecular weight excluding hydrogens is 475 g/mol. The normalized spacial score (nSPS) is 10.7. The number of benzene rings is 2. The molecule has 0 saturated heterocycles. The van der Waals surface area contributed by atoms with E-state index in [2.05, 4.69) is 42.2 Å². The van der Waals surface area contributed by atoms with Crippen molar-refractivity contribution in [1.82, 2.24) is 4.98 Å². The van der Waals surface area contributed by atoms with Crippen LogP contribution in [-0.4, -0.2) is 16.6 Å². The van der Waals surface area contributed by atoms with E-state index in [1.165, 1.54) is 12.1 Å². The molecule has 0 unspecified atom stereocenters. The Morgan fingerprint density at radius 2 is 2.00 bits per heavy atom. The van der Waals surface area contributed by atoms with Crippen LogP contribution in [0.2, 0.25) is 0 Å². The highest BCUT2D eigenvalue weighted by molar-refractivity contribution is 9.10. The van der Waals surface area contributed by atoms with Crippen LogP contribution in [0.5, 0.6) is 0 Å². The Morgan fingerprint density at radius 3 is 2.76 bits per heavy atom. The lowest BCUT2D eigenvalue weighted by Gasteiger charge is -2.05. The summed E-state index contributed by atoms with van der Waals surface area (Å²) in [5.41, 5.74) is 1.02. The summed E-state index contributed by atoms with van der Waals surface area (Å²) in [5, 5.41) is 2.90. The van der Waals surface area contributed by atoms with E-state index in [1.54, 1.807) is 12.3 Å². The van der Waals surface area contributed by atoms with E-state index >= 15 is 0 Å². The van der Waals surface area contributed by atoms with E-state index in [-0.39, 0.29) is 17.3 Å². The van der Waals surface area contributed by atoms with Gasteiger partial charge in [-0.05, 0) is 30.3 Å². The SMILES string of the molecule is O=C(CSc1ncc(-c2cccc(Br)c2)o1)Nc1ccc(Br)cc1F. The lowest BCUT2D eigenvalue weighted by atomic mass is 10.2. The fourth-order valence-corrected chi connectivity index (χ4v) is 3.34. The number of nitrogens with zero attached hydrogens (tertiary/aromatic N) is 1. The zero-order valence-corrected chi connectivity index (χ0v) is 16.6. The number of amides is 1. The summed E-state index contributed by atoms with van der Waals surface area (Å²) in [6, 6.07) is 12.1. The number of oxazole rings is 1. The van der Waals surface area contributed by atoms with Gasteiger partial charge in [-0.25, -0.2) is 9.37 Å². The molecule has 0 aliphatic carbocycles. The smallest absolute Gasteiger partial charge is 0.256 e. The van der Waals surface area contributed by atoms with Crippen LogP contribution in [0, 0.1) is 5.82 Å². The minimum absolute atomic E-state index is 0.0634. The molecule has 128 valence electrons. The zero-order chi connectivity index (χ0) is 17.8. The summed E-state index contributed by atoms with van der Waals surface area (Å²) < 4.78 is 20.9. The molecule has 8 heteroatoms. The number of nitrogens with one attached hydrogen (secondary N) is 1. The zero-order valence-electron chi connectivity index (χ0n) is 12.6. The van der Waals surface area contributed by atoms with Gasteiger partial charge >= 0.3 is 0 Å². The molecule has 1 heterocycles. The van der Waals surface area contributed by atoms with Crippen LogP contribution >= 0.6 is 43.6 Å². The molecule has 0 aliphatic rings. The second-order valence-corrected chi connectivity index (χ2v) is 7.72. The molecule has 0 atom stereocenters. The molecule has 1 aromatic heterocycles. The monoisotopic (exact) mass is 484 g/mol. The number of hydrogen-bond acceptors (Lipinski definition) is 4. The van der Waals surface area contributed by atoms with Crippen molar-refractivity contribution in [3.8, 4) is 11.3 Å². The lowest BCUT2D eigenvalue weighted by molar-refractivity contribution is -0.113. The van der Waals surface area contributed by atoms with E-state index in [0.717, 1.165) is 21.8 Å². The van der Waals surface area contributed by atoms with Crippen molar-refractivity contribution in [3.63, 3.8) is 0 Å². The highest BCUT2D eigenvalue weighted by atomic mass is 79.9. The Bertz CT molecular complexity index is 917. The fourth-order valence-electron chi connectivity index (χ4n) is 2.00. The van der Waals surface area contributed by atoms with Crippen molar-refractivity contribution in [2.24, 2.45) is 0 Å². The number of aromatic nitrogens is 1. The predicted molar refractivity (Wildman–Crippen MR) is 103 cm³/mol. The molecule has 25 heavy (non-hydrogen) atoms. The Hall–Kier alpha value is -1.64. The average Bonchev–Trinajstić information content (AvgIpc) is 3.05. The third kappa shape index (κ3) is 4.93. The van der Waals surface area contributed by atoms with Crippen molar-refractivity contribution in [2.75, 3.05) is 11.1 Å². The standard InChI is InChI=1S/C17H11Br2FN2O2S/c18-11-3-1-2-10(6-11)15-8-21-17(24-15)25-9-16(23)22-14-5-4-12(19)7-13(14)20/h1-8H,9H2,(H,22,23). The van der Waals surface area contributed by atoms with Crippen molar-refractivity contribution in [3.05, 3.63) is 63.4 Å². The summed E-state index contributed by atoms with van der Waals surface area (Å²) in [4.78, 5) is 16.1. The van der Waals surface area contributed by atoms with Gasteiger partial charge in [0.1, 0.15) is 5.82 Å². The summed E-state index contributed by atoms with van der Waals surface area (Å²) in [5.74, 6) is -0.161. The maximum atomic E-state index is 13.7. The van der Waals surface area contributed by atoms with Gasteiger partial charge in [0.05, 0.1) is 17.6 Å². The lowest BCUT2D eigenvalue weighted by Crippen LogP contribution is -2.15. The molecule has 1 amide bonds. The van der Waals surface area contributed by atoms with Gasteiger partial charge in [-0.1, -0.05) is 55.8 Å². The number of rotatable bonds is 5. The number of hydrogen-bond donors (Lipinski definition) is 1. The molecule has 2 aromatic carbocycles. The van der Waals surface area contributed by atoms with Crippen LogP contribution < -0.4 is 5.32 Å². The topological polar surface area (TPSA) is 55.1 Å². The van der Waals surface area contributed by atoms with E-state index in [4.69, 9.17) is 4.42 Å². The van der Waals surface area contributed by atoms with Crippen LogP contribution in [0.3, 0.4) is 0 Å². The van der Waals surface area contributed by atoms with E-state index in [1.807, 2.05) is 24.3 Å². The minimum Gasteiger partial charge on any atom is -0.431 e. The van der Waals surface area contributed by atoms with Gasteiger partial charge in [0.25, 0.3) is 5.22 Å². The number of anilines is 1. The molecular formula is C17H11Br2FN2O2S. The van der Waals surface area contributed by atoms with Gasteiger partial charge in [-0.3, -0.25) is 4.79 Å². The van der Waals surface area contributed by atoms with Gasteiger partial charge in [-0.15, -0.1) is 0 Å². The Labute approximate surface area is 164 Å². The first-order valence-corrected chi connectivity index (χ1v) is 9.68. The van der Waals surface area contributed by atoms with Crippen LogP contribution in [0.15, 0.2) is 67.2 Å². The van der Waals surface area contributed by atoms with Crippen LogP contribution in [0.1, 0.15) is 0 Å². The minimum atomic E-state index is -0.499. The number of thioether (sulfide) groups is 1. The molecule has 0 bridgehead atoms. The Balaban J connectivity index is 1.59. The molecule has 3 rings (SSSR count). The maximum Gasteiger partial charge on any atom is 0.256 e. The summed E-state index contributed by atoms with van der Waals surface area (Å²) in [7, 11) is 0. The van der Waals surface area contributed by atoms with Crippen LogP contribution in [0.25, 0.3) is 11.3 Å². The van der Waals surface area contributed by atoms with Gasteiger partial charge in [0, 0.05) is 14.5 Å². The second kappa shape index (κ2) is 8.16. The van der Waals surface area contributed by atoms with E-state index < -0.39 is 5.82 Å². The van der Waals surface area contributed by atoms with Crippen molar-refractivity contribution < 1.29 is 13.6 Å². The highest BCUT2D eigenvalue weighted by Gasteiger charge is 2.12. The first kappa shape index (κ1) is 18.2. The third-order valence-electron chi connectivity index (χ3n) is 3.13. The quantitative estimate of drug-likeness (QED) is 0.468. The molecule has 0 fully saturated rings. The number of halogens is 3. The van der Waals surface area contributed by atoms with Crippen LogP contribution in [0.4, 0.5) is 10.1 Å². The van der Waals surface area contributed by atoms with E-state index in [9.17, 15) is 9.18 Å². The first-order valence-electron chi connectivity index (χ1n) is 7.11. The van der Waals surface area contributed by atoms with E-state index in [0.29, 0.717) is 15.5 Å². The van der Waals surface area contributed by atoms with Gasteiger partial charge in [-0.2, -0.15) is 0 Å². The summed E-state index contributed by atoms with van der Waals surface area (Å²) in [6.45, 7) is 0. The van der Waals surface area contributed by atoms with Gasteiger partial charge in [0.2, 0.25) is 5.91 Å². The molecule has 4 nitrogen and oxygen atoms in total. The molecule has 0 saturated carbocycles. The second-order valence-electron chi connectivity index (χ2n) is 4.96.